The largest absolute Gasteiger partial charge is 0.343 e. The molecular weight excluding hydrogens is 240 g/mol. The van der Waals surface area contributed by atoms with E-state index in [0.717, 1.165) is 16.9 Å². The van der Waals surface area contributed by atoms with E-state index >= 15 is 0 Å². The Kier molecular flexibility index (Phi) is 3.81. The predicted molar refractivity (Wildman–Crippen MR) is 72.3 cm³/mol. The van der Waals surface area contributed by atoms with E-state index in [0.29, 0.717) is 13.0 Å². The molecule has 2 rings (SSSR count). The summed E-state index contributed by atoms with van der Waals surface area (Å²) in [6.07, 6.45) is 0.353. The van der Waals surface area contributed by atoms with Crippen LogP contribution >= 0.6 is 0 Å². The van der Waals surface area contributed by atoms with Crippen LogP contribution in [0, 0.1) is 18.3 Å². The van der Waals surface area contributed by atoms with Crippen molar-refractivity contribution < 1.29 is 4.79 Å². The minimum Gasteiger partial charge on any atom is -0.343 e. The smallest absolute Gasteiger partial charge is 0.242 e. The van der Waals surface area contributed by atoms with Crippen LogP contribution < -0.4 is 0 Å². The first kappa shape index (κ1) is 13.1. The Morgan fingerprint density at radius 2 is 2.21 bits per heavy atom. The van der Waals surface area contributed by atoms with Crippen molar-refractivity contribution in [2.45, 2.75) is 19.9 Å². The Morgan fingerprint density at radius 1 is 1.47 bits per heavy atom. The van der Waals surface area contributed by atoms with E-state index in [2.05, 4.69) is 4.98 Å². The lowest BCUT2D eigenvalue weighted by molar-refractivity contribution is -0.130. The van der Waals surface area contributed by atoms with Gasteiger partial charge in [-0.05, 0) is 19.1 Å². The number of carbonyl (C=O) groups is 1. The summed E-state index contributed by atoms with van der Waals surface area (Å²) in [5.74, 6) is 0.810. The summed E-state index contributed by atoms with van der Waals surface area (Å²) in [6.45, 7) is 2.61. The molecule has 0 bridgehead atoms. The van der Waals surface area contributed by atoms with Gasteiger partial charge in [-0.1, -0.05) is 12.1 Å². The maximum absolute atomic E-state index is 12.1. The highest BCUT2D eigenvalue weighted by atomic mass is 16.2. The van der Waals surface area contributed by atoms with Gasteiger partial charge in [-0.3, -0.25) is 4.79 Å². The molecule has 0 radical (unpaired) electrons. The quantitative estimate of drug-likeness (QED) is 0.836. The summed E-state index contributed by atoms with van der Waals surface area (Å²) >= 11 is 0. The van der Waals surface area contributed by atoms with Crippen molar-refractivity contribution >= 4 is 16.9 Å². The first-order valence-corrected chi connectivity index (χ1v) is 6.16. The highest BCUT2D eigenvalue weighted by molar-refractivity contribution is 5.81. The Labute approximate surface area is 112 Å². The van der Waals surface area contributed by atoms with E-state index in [1.54, 1.807) is 11.9 Å². The molecule has 0 saturated heterocycles. The van der Waals surface area contributed by atoms with E-state index < -0.39 is 0 Å². The number of amides is 1. The first-order valence-electron chi connectivity index (χ1n) is 6.16. The van der Waals surface area contributed by atoms with E-state index in [-0.39, 0.29) is 12.5 Å². The average Bonchev–Trinajstić information content (AvgIpc) is 2.72. The lowest BCUT2D eigenvalue weighted by Gasteiger charge is -2.16. The van der Waals surface area contributed by atoms with Gasteiger partial charge in [-0.2, -0.15) is 5.26 Å². The second-order valence-electron chi connectivity index (χ2n) is 4.46. The van der Waals surface area contributed by atoms with Crippen molar-refractivity contribution in [1.29, 1.82) is 5.26 Å². The molecule has 0 fully saturated rings. The second kappa shape index (κ2) is 5.53. The number of fused-ring (bicyclic) bond motifs is 1. The third kappa shape index (κ3) is 2.74. The number of aryl methyl sites for hydroxylation is 1. The highest BCUT2D eigenvalue weighted by Gasteiger charge is 2.13. The molecular formula is C14H16N4O. The van der Waals surface area contributed by atoms with Crippen LogP contribution in [0.15, 0.2) is 24.3 Å². The van der Waals surface area contributed by atoms with Crippen LogP contribution in [-0.2, 0) is 11.3 Å². The lowest BCUT2D eigenvalue weighted by atomic mass is 10.3. The average molecular weight is 256 g/mol. The zero-order chi connectivity index (χ0) is 13.8. The van der Waals surface area contributed by atoms with Crippen LogP contribution in [0.2, 0.25) is 0 Å². The minimum absolute atomic E-state index is 0.0125. The van der Waals surface area contributed by atoms with Gasteiger partial charge in [0, 0.05) is 13.6 Å². The number of carbonyl (C=O) groups excluding carboxylic acids is 1. The van der Waals surface area contributed by atoms with Gasteiger partial charge in [0.05, 0.1) is 23.5 Å². The topological polar surface area (TPSA) is 61.9 Å². The summed E-state index contributed by atoms with van der Waals surface area (Å²) in [7, 11) is 1.72. The fourth-order valence-corrected chi connectivity index (χ4v) is 1.99. The summed E-state index contributed by atoms with van der Waals surface area (Å²) in [6, 6.07) is 9.79. The number of likely N-dealkylation sites (N-methyl/N-ethyl adjacent to an activating group) is 1. The van der Waals surface area contributed by atoms with Gasteiger partial charge in [0.25, 0.3) is 0 Å². The number of hydrogen-bond acceptors (Lipinski definition) is 3. The van der Waals surface area contributed by atoms with Crippen LogP contribution in [0.4, 0.5) is 0 Å². The van der Waals surface area contributed by atoms with Crippen LogP contribution in [0.5, 0.6) is 0 Å². The molecule has 1 amide bonds. The molecule has 19 heavy (non-hydrogen) atoms. The van der Waals surface area contributed by atoms with E-state index in [1.807, 2.05) is 41.8 Å². The third-order valence-corrected chi connectivity index (χ3v) is 3.12. The molecule has 0 saturated carbocycles. The Morgan fingerprint density at radius 3 is 2.95 bits per heavy atom. The van der Waals surface area contributed by atoms with Crippen molar-refractivity contribution in [1.82, 2.24) is 14.5 Å². The molecule has 1 heterocycles. The number of rotatable bonds is 4. The van der Waals surface area contributed by atoms with E-state index in [1.165, 1.54) is 0 Å². The highest BCUT2D eigenvalue weighted by Crippen LogP contribution is 2.15. The zero-order valence-electron chi connectivity index (χ0n) is 11.1. The van der Waals surface area contributed by atoms with Crippen molar-refractivity contribution in [3.8, 4) is 6.07 Å². The second-order valence-corrected chi connectivity index (χ2v) is 4.46. The molecule has 0 unspecified atom stereocenters. The van der Waals surface area contributed by atoms with Crippen LogP contribution in [0.3, 0.4) is 0 Å². The number of imidazole rings is 1. The molecule has 0 aliphatic carbocycles. The van der Waals surface area contributed by atoms with Crippen LogP contribution in [-0.4, -0.2) is 34.0 Å². The molecule has 5 heteroatoms. The maximum Gasteiger partial charge on any atom is 0.242 e. The predicted octanol–water partition coefficient (Wildman–Crippen LogP) is 1.72. The molecule has 98 valence electrons. The summed E-state index contributed by atoms with van der Waals surface area (Å²) in [5, 5.41) is 8.54. The lowest BCUT2D eigenvalue weighted by Crippen LogP contribution is -2.31. The summed E-state index contributed by atoms with van der Waals surface area (Å²) in [5.41, 5.74) is 1.86. The molecule has 0 aliphatic rings. The third-order valence-electron chi connectivity index (χ3n) is 3.12. The van der Waals surface area contributed by atoms with E-state index in [4.69, 9.17) is 5.26 Å². The monoisotopic (exact) mass is 256 g/mol. The molecule has 1 aromatic heterocycles. The zero-order valence-corrected chi connectivity index (χ0v) is 11.1. The van der Waals surface area contributed by atoms with Gasteiger partial charge < -0.3 is 9.47 Å². The number of para-hydroxylation sites is 2. The molecule has 0 atom stereocenters. The molecule has 2 aromatic rings. The van der Waals surface area contributed by atoms with E-state index in [9.17, 15) is 4.79 Å². The summed E-state index contributed by atoms with van der Waals surface area (Å²) < 4.78 is 1.90. The molecule has 0 aliphatic heterocycles. The Bertz CT molecular complexity index is 638. The first-order chi connectivity index (χ1) is 9.13. The number of benzene rings is 1. The fourth-order valence-electron chi connectivity index (χ4n) is 1.99. The standard InChI is InChI=1S/C14H16N4O/c1-11-16-12-6-3-4-7-13(12)18(11)10-14(19)17(2)9-5-8-15/h3-4,6-7H,5,9-10H2,1-2H3. The van der Waals surface area contributed by atoms with Crippen molar-refractivity contribution in [2.24, 2.45) is 0 Å². The fraction of sp³-hybridized carbons (Fsp3) is 0.357. The Balaban J connectivity index is 2.19. The van der Waals surface area contributed by atoms with Gasteiger partial charge >= 0.3 is 0 Å². The van der Waals surface area contributed by atoms with Gasteiger partial charge in [0.15, 0.2) is 0 Å². The number of hydrogen-bond donors (Lipinski definition) is 0. The number of nitrogens with zero attached hydrogens (tertiary/aromatic N) is 4. The maximum atomic E-state index is 12.1. The molecule has 5 nitrogen and oxygen atoms in total. The van der Waals surface area contributed by atoms with Gasteiger partial charge in [0.1, 0.15) is 12.4 Å². The molecule has 0 N–H and O–H groups in total. The normalized spacial score (nSPS) is 10.4. The van der Waals surface area contributed by atoms with Gasteiger partial charge in [-0.25, -0.2) is 4.98 Å². The van der Waals surface area contributed by atoms with Gasteiger partial charge in [0.2, 0.25) is 5.91 Å². The van der Waals surface area contributed by atoms with Crippen molar-refractivity contribution in [2.75, 3.05) is 13.6 Å². The molecule has 0 spiro atoms. The summed E-state index contributed by atoms with van der Waals surface area (Å²) in [4.78, 5) is 18.1. The van der Waals surface area contributed by atoms with Crippen molar-refractivity contribution in [3.63, 3.8) is 0 Å². The van der Waals surface area contributed by atoms with Crippen LogP contribution in [0.1, 0.15) is 12.2 Å². The molecule has 1 aromatic carbocycles. The SMILES string of the molecule is Cc1nc2ccccc2n1CC(=O)N(C)CCC#N. The number of aromatic nitrogens is 2. The minimum atomic E-state index is -0.0125. The van der Waals surface area contributed by atoms with Crippen molar-refractivity contribution in [3.05, 3.63) is 30.1 Å². The Hall–Kier alpha value is -2.35. The van der Waals surface area contributed by atoms with Gasteiger partial charge in [-0.15, -0.1) is 0 Å². The number of nitriles is 1. The van der Waals surface area contributed by atoms with Crippen LogP contribution in [0.25, 0.3) is 11.0 Å².